The van der Waals surface area contributed by atoms with Crippen LogP contribution in [0.5, 0.6) is 5.88 Å². The highest BCUT2D eigenvalue weighted by Crippen LogP contribution is 2.34. The van der Waals surface area contributed by atoms with Crippen LogP contribution in [-0.4, -0.2) is 108 Å². The van der Waals surface area contributed by atoms with E-state index in [1.807, 2.05) is 21.4 Å². The third-order valence-corrected chi connectivity index (χ3v) is 10.6. The van der Waals surface area contributed by atoms with Gasteiger partial charge < -0.3 is 24.6 Å². The number of nitrogens with zero attached hydrogens (tertiary/aromatic N) is 5. The molecule has 2 aromatic heterocycles. The van der Waals surface area contributed by atoms with Crippen molar-refractivity contribution in [3.05, 3.63) is 40.5 Å². The Bertz CT molecular complexity index is 1270. The fraction of sp³-hybridized carbons (Fsp3) is 0.656. The van der Waals surface area contributed by atoms with Crippen LogP contribution in [0.25, 0.3) is 0 Å². The molecule has 0 aromatic carbocycles. The lowest BCUT2D eigenvalue weighted by atomic mass is 9.79. The molecule has 12 heteroatoms. The Morgan fingerprint density at radius 1 is 0.977 bits per heavy atom. The number of rotatable bonds is 4. The zero-order valence-electron chi connectivity index (χ0n) is 25.4. The number of morpholine rings is 1. The van der Waals surface area contributed by atoms with Gasteiger partial charge >= 0.3 is 0 Å². The smallest absolute Gasteiger partial charge is 0.270 e. The van der Waals surface area contributed by atoms with Crippen LogP contribution in [0.15, 0.2) is 29.8 Å². The maximum Gasteiger partial charge on any atom is 0.270 e. The van der Waals surface area contributed by atoms with Crippen LogP contribution >= 0.6 is 11.3 Å². The minimum Gasteiger partial charge on any atom is -0.478 e. The van der Waals surface area contributed by atoms with E-state index in [0.29, 0.717) is 83.4 Å². The van der Waals surface area contributed by atoms with E-state index in [-0.39, 0.29) is 41.4 Å². The number of carbonyl (C=O) groups excluding carboxylic acids is 3. The molecule has 2 aromatic rings. The molecule has 6 rings (SSSR count). The second-order valence-corrected chi connectivity index (χ2v) is 13.5. The molecule has 3 saturated heterocycles. The largest absolute Gasteiger partial charge is 0.478 e. The first kappa shape index (κ1) is 30.9. The molecule has 0 radical (unpaired) electrons. The molecule has 11 nitrogen and oxygen atoms in total. The Morgan fingerprint density at radius 3 is 2.70 bits per heavy atom. The van der Waals surface area contributed by atoms with Gasteiger partial charge in [0.2, 0.25) is 17.7 Å². The molecule has 44 heavy (non-hydrogen) atoms. The van der Waals surface area contributed by atoms with Crippen molar-refractivity contribution >= 4 is 29.1 Å². The number of nitrogens with one attached hydrogen (secondary N) is 1. The third-order valence-electron chi connectivity index (χ3n) is 9.79. The molecule has 4 atom stereocenters. The monoisotopic (exact) mass is 624 g/mol. The molecule has 1 N–H and O–H groups in total. The van der Waals surface area contributed by atoms with E-state index in [4.69, 9.17) is 9.47 Å². The van der Waals surface area contributed by atoms with E-state index in [0.717, 1.165) is 43.9 Å². The van der Waals surface area contributed by atoms with Crippen LogP contribution in [0.2, 0.25) is 0 Å². The van der Waals surface area contributed by atoms with E-state index in [2.05, 4.69) is 20.2 Å². The first-order valence-corrected chi connectivity index (χ1v) is 17.0. The Hall–Kier alpha value is -3.09. The van der Waals surface area contributed by atoms with Gasteiger partial charge in [-0.2, -0.15) is 0 Å². The number of hydrogen-bond donors (Lipinski definition) is 1. The summed E-state index contributed by atoms with van der Waals surface area (Å²) >= 11 is 1.67. The average Bonchev–Trinajstić information content (AvgIpc) is 3.56. The van der Waals surface area contributed by atoms with Gasteiger partial charge in [0.15, 0.2) is 0 Å². The minimum absolute atomic E-state index is 0.149. The van der Waals surface area contributed by atoms with E-state index in [9.17, 15) is 14.4 Å². The van der Waals surface area contributed by atoms with Crippen LogP contribution in [0.3, 0.4) is 0 Å². The number of amides is 3. The van der Waals surface area contributed by atoms with Gasteiger partial charge in [-0.1, -0.05) is 6.07 Å². The molecule has 4 aliphatic rings. The van der Waals surface area contributed by atoms with Gasteiger partial charge in [-0.05, 0) is 62.0 Å². The number of likely N-dealkylation sites (tertiary alicyclic amines) is 1. The lowest BCUT2D eigenvalue weighted by molar-refractivity contribution is -0.139. The summed E-state index contributed by atoms with van der Waals surface area (Å²) < 4.78 is 11.5. The SMILES string of the molecule is O=C1NCC[C@H]2CN(Cc3nccs3)CC[C@H]2CC(=O)N2CC[C@@H](CC(=O)N3CCOCC3)[C@@H](CCOc3cccc1n3)C2. The molecule has 0 unspecified atom stereocenters. The predicted molar refractivity (Wildman–Crippen MR) is 165 cm³/mol. The third kappa shape index (κ3) is 7.94. The molecule has 4 bridgehead atoms. The highest BCUT2D eigenvalue weighted by atomic mass is 32.1. The van der Waals surface area contributed by atoms with Crippen molar-refractivity contribution in [2.24, 2.45) is 23.7 Å². The zero-order chi connectivity index (χ0) is 30.3. The van der Waals surface area contributed by atoms with Crippen molar-refractivity contribution in [2.45, 2.75) is 45.1 Å². The number of aromatic nitrogens is 2. The first-order chi connectivity index (χ1) is 21.5. The Labute approximate surface area is 263 Å². The van der Waals surface area contributed by atoms with Gasteiger partial charge in [-0.15, -0.1) is 11.3 Å². The second-order valence-electron chi connectivity index (χ2n) is 12.6. The second kappa shape index (κ2) is 14.8. The predicted octanol–water partition coefficient (Wildman–Crippen LogP) is 2.68. The topological polar surface area (TPSA) is 117 Å². The van der Waals surface area contributed by atoms with Gasteiger partial charge in [0.25, 0.3) is 5.91 Å². The summed E-state index contributed by atoms with van der Waals surface area (Å²) in [4.78, 5) is 55.3. The van der Waals surface area contributed by atoms with E-state index in [1.54, 1.807) is 29.5 Å². The molecule has 3 fully saturated rings. The number of piperidine rings is 2. The minimum atomic E-state index is -0.216. The summed E-state index contributed by atoms with van der Waals surface area (Å²) in [7, 11) is 0. The molecule has 0 spiro atoms. The van der Waals surface area contributed by atoms with Crippen molar-refractivity contribution in [1.82, 2.24) is 30.0 Å². The zero-order valence-corrected chi connectivity index (χ0v) is 26.2. The van der Waals surface area contributed by atoms with Crippen LogP contribution in [0.1, 0.15) is 54.0 Å². The quantitative estimate of drug-likeness (QED) is 0.552. The number of ether oxygens (including phenoxy) is 2. The molecule has 4 aliphatic heterocycles. The summed E-state index contributed by atoms with van der Waals surface area (Å²) in [6, 6.07) is 5.27. The van der Waals surface area contributed by atoms with Crippen molar-refractivity contribution in [1.29, 1.82) is 0 Å². The number of thiazole rings is 1. The van der Waals surface area contributed by atoms with Crippen molar-refractivity contribution in [3.8, 4) is 5.88 Å². The molecule has 0 saturated carbocycles. The molecule has 3 amide bonds. The lowest BCUT2D eigenvalue weighted by Crippen LogP contribution is -2.48. The lowest BCUT2D eigenvalue weighted by Gasteiger charge is -2.42. The summed E-state index contributed by atoms with van der Waals surface area (Å²) in [6.45, 7) is 7.35. The Kier molecular flexibility index (Phi) is 10.4. The van der Waals surface area contributed by atoms with Gasteiger partial charge in [-0.25, -0.2) is 9.97 Å². The maximum absolute atomic E-state index is 13.8. The molecule has 238 valence electrons. The first-order valence-electron chi connectivity index (χ1n) is 16.1. The molecular formula is C32H44N6O5S. The Balaban J connectivity index is 1.18. The fourth-order valence-corrected chi connectivity index (χ4v) is 7.90. The van der Waals surface area contributed by atoms with Crippen molar-refractivity contribution in [3.63, 3.8) is 0 Å². The van der Waals surface area contributed by atoms with Crippen LogP contribution in [0, 0.1) is 23.7 Å². The van der Waals surface area contributed by atoms with Crippen LogP contribution in [0.4, 0.5) is 0 Å². The standard InChI is InChI=1S/C32H44N6O5S/c39-30(37-12-15-42-16-13-37)18-24-6-11-38-21-26(24)7-14-43-28-3-1-2-27(35-28)32(41)34-8-4-25-20-36(22-29-33-9-17-44-29)10-5-23(25)19-31(38)40/h1-3,9,17,23-26H,4-8,10-16,18-22H2,(H,34,41)/t23-,24-,25-,26-/m0/s1. The summed E-state index contributed by atoms with van der Waals surface area (Å²) in [5, 5.41) is 6.16. The number of fused-ring (bicyclic) bond motifs is 5. The number of hydrogen-bond acceptors (Lipinski definition) is 9. The highest BCUT2D eigenvalue weighted by molar-refractivity contribution is 7.09. The number of pyridine rings is 1. The molecule has 6 heterocycles. The maximum atomic E-state index is 13.8. The molecule has 0 aliphatic carbocycles. The van der Waals surface area contributed by atoms with Gasteiger partial charge in [-0.3, -0.25) is 19.3 Å². The van der Waals surface area contributed by atoms with Gasteiger partial charge in [0.1, 0.15) is 10.7 Å². The normalized spacial score (nSPS) is 27.5. The van der Waals surface area contributed by atoms with E-state index in [1.165, 1.54) is 0 Å². The van der Waals surface area contributed by atoms with Crippen LogP contribution in [-0.2, 0) is 20.9 Å². The van der Waals surface area contributed by atoms with Crippen molar-refractivity contribution < 1.29 is 23.9 Å². The van der Waals surface area contributed by atoms with E-state index >= 15 is 0 Å². The summed E-state index contributed by atoms with van der Waals surface area (Å²) in [5.41, 5.74) is 0.338. The Morgan fingerprint density at radius 2 is 1.86 bits per heavy atom. The molecular weight excluding hydrogens is 580 g/mol. The van der Waals surface area contributed by atoms with Gasteiger partial charge in [0.05, 0.1) is 26.4 Å². The van der Waals surface area contributed by atoms with Gasteiger partial charge in [0, 0.05) is 69.8 Å². The van der Waals surface area contributed by atoms with E-state index < -0.39 is 0 Å². The highest BCUT2D eigenvalue weighted by Gasteiger charge is 2.37. The fourth-order valence-electron chi connectivity index (χ4n) is 7.24. The summed E-state index contributed by atoms with van der Waals surface area (Å²) in [6.07, 6.45) is 6.12. The average molecular weight is 625 g/mol. The van der Waals surface area contributed by atoms with Crippen molar-refractivity contribution in [2.75, 3.05) is 65.6 Å². The van der Waals surface area contributed by atoms with Crippen LogP contribution < -0.4 is 10.1 Å². The number of carbonyl (C=O) groups is 3. The summed E-state index contributed by atoms with van der Waals surface area (Å²) in [5.74, 6) is 1.46.